The first kappa shape index (κ1) is 18.8. The zero-order valence-electron chi connectivity index (χ0n) is 15.1. The highest BCUT2D eigenvalue weighted by atomic mass is 79.9. The number of nitrogens with zero attached hydrogens (tertiary/aromatic N) is 2. The fourth-order valence-electron chi connectivity index (χ4n) is 3.39. The SMILES string of the molecule is CCn1c(C)cc(C(=O)CN2C(=O)N[C@@](C)(c3ccc(Br)s3)C2=O)c1C. The van der Waals surface area contributed by atoms with Crippen LogP contribution in [0.25, 0.3) is 0 Å². The maximum Gasteiger partial charge on any atom is 0.325 e. The van der Waals surface area contributed by atoms with Gasteiger partial charge in [0.05, 0.1) is 10.3 Å². The van der Waals surface area contributed by atoms with Crippen LogP contribution in [0.5, 0.6) is 0 Å². The molecule has 2 aromatic rings. The number of carbonyl (C=O) groups excluding carboxylic acids is 3. The van der Waals surface area contributed by atoms with Gasteiger partial charge in [-0.2, -0.15) is 0 Å². The Kier molecular flexibility index (Phi) is 4.83. The van der Waals surface area contributed by atoms with Crippen molar-refractivity contribution in [1.29, 1.82) is 0 Å². The van der Waals surface area contributed by atoms with E-state index in [2.05, 4.69) is 21.2 Å². The van der Waals surface area contributed by atoms with E-state index in [9.17, 15) is 14.4 Å². The molecule has 0 spiro atoms. The molecule has 1 saturated heterocycles. The van der Waals surface area contributed by atoms with Crippen LogP contribution in [0, 0.1) is 13.8 Å². The summed E-state index contributed by atoms with van der Waals surface area (Å²) in [6, 6.07) is 4.90. The lowest BCUT2D eigenvalue weighted by Crippen LogP contribution is -2.40. The Morgan fingerprint density at radius 1 is 1.31 bits per heavy atom. The van der Waals surface area contributed by atoms with E-state index >= 15 is 0 Å². The van der Waals surface area contributed by atoms with Crippen molar-refractivity contribution >= 4 is 45.0 Å². The van der Waals surface area contributed by atoms with E-state index in [1.165, 1.54) is 11.3 Å². The summed E-state index contributed by atoms with van der Waals surface area (Å²) in [4.78, 5) is 39.8. The highest BCUT2D eigenvalue weighted by molar-refractivity contribution is 9.11. The van der Waals surface area contributed by atoms with Gasteiger partial charge < -0.3 is 9.88 Å². The number of hydrogen-bond donors (Lipinski definition) is 1. The van der Waals surface area contributed by atoms with Gasteiger partial charge in [0.15, 0.2) is 11.3 Å². The van der Waals surface area contributed by atoms with Crippen molar-refractivity contribution in [3.63, 3.8) is 0 Å². The van der Waals surface area contributed by atoms with Crippen LogP contribution in [0.1, 0.15) is 40.5 Å². The van der Waals surface area contributed by atoms with Gasteiger partial charge in [0.25, 0.3) is 5.91 Å². The molecule has 26 heavy (non-hydrogen) atoms. The summed E-state index contributed by atoms with van der Waals surface area (Å²) in [5, 5.41) is 2.73. The summed E-state index contributed by atoms with van der Waals surface area (Å²) in [6.45, 7) is 7.99. The number of nitrogens with one attached hydrogen (secondary N) is 1. The van der Waals surface area contributed by atoms with Crippen LogP contribution in [-0.4, -0.2) is 33.7 Å². The van der Waals surface area contributed by atoms with E-state index in [0.29, 0.717) is 5.56 Å². The molecular formula is C18H20BrN3O3S. The van der Waals surface area contributed by atoms with Crippen LogP contribution in [0.2, 0.25) is 0 Å². The molecule has 1 fully saturated rings. The number of thiophene rings is 1. The number of carbonyl (C=O) groups is 3. The number of halogens is 1. The number of aryl methyl sites for hydroxylation is 1. The summed E-state index contributed by atoms with van der Waals surface area (Å²) >= 11 is 4.76. The van der Waals surface area contributed by atoms with E-state index in [1.807, 2.05) is 37.5 Å². The zero-order chi connectivity index (χ0) is 19.2. The summed E-state index contributed by atoms with van der Waals surface area (Å²) in [5.74, 6) is -0.646. The van der Waals surface area contributed by atoms with Gasteiger partial charge in [0.2, 0.25) is 0 Å². The van der Waals surface area contributed by atoms with Crippen molar-refractivity contribution in [2.45, 2.75) is 39.8 Å². The van der Waals surface area contributed by atoms with Gasteiger partial charge in [-0.3, -0.25) is 14.5 Å². The van der Waals surface area contributed by atoms with E-state index in [4.69, 9.17) is 0 Å². The fraction of sp³-hybridized carbons (Fsp3) is 0.389. The van der Waals surface area contributed by atoms with E-state index in [0.717, 1.165) is 31.5 Å². The number of amides is 3. The highest BCUT2D eigenvalue weighted by Gasteiger charge is 2.50. The molecule has 0 saturated carbocycles. The number of imide groups is 1. The molecule has 3 heterocycles. The molecule has 0 unspecified atom stereocenters. The van der Waals surface area contributed by atoms with Gasteiger partial charge in [-0.15, -0.1) is 11.3 Å². The van der Waals surface area contributed by atoms with Gasteiger partial charge in [-0.1, -0.05) is 0 Å². The molecule has 1 N–H and O–H groups in total. The first-order valence-corrected chi connectivity index (χ1v) is 9.89. The van der Waals surface area contributed by atoms with Crippen LogP contribution >= 0.6 is 27.3 Å². The average Bonchev–Trinajstić information content (AvgIpc) is 3.20. The molecule has 6 nitrogen and oxygen atoms in total. The molecule has 2 aromatic heterocycles. The fourth-order valence-corrected chi connectivity index (χ4v) is 4.87. The van der Waals surface area contributed by atoms with Crippen molar-refractivity contribution in [2.75, 3.05) is 6.54 Å². The number of ketones is 1. The lowest BCUT2D eigenvalue weighted by molar-refractivity contribution is -0.130. The van der Waals surface area contributed by atoms with Crippen LogP contribution in [0.15, 0.2) is 22.0 Å². The number of rotatable bonds is 5. The lowest BCUT2D eigenvalue weighted by Gasteiger charge is -2.19. The van der Waals surface area contributed by atoms with Crippen LogP contribution in [0.3, 0.4) is 0 Å². The van der Waals surface area contributed by atoms with Crippen molar-refractivity contribution in [3.8, 4) is 0 Å². The smallest absolute Gasteiger partial charge is 0.325 e. The summed E-state index contributed by atoms with van der Waals surface area (Å²) in [6.07, 6.45) is 0. The molecule has 1 atom stereocenters. The molecule has 0 aromatic carbocycles. The largest absolute Gasteiger partial charge is 0.349 e. The Morgan fingerprint density at radius 2 is 2.00 bits per heavy atom. The number of aromatic nitrogens is 1. The van der Waals surface area contributed by atoms with Crippen molar-refractivity contribution < 1.29 is 14.4 Å². The first-order valence-electron chi connectivity index (χ1n) is 8.29. The molecular weight excluding hydrogens is 418 g/mol. The minimum atomic E-state index is -1.14. The van der Waals surface area contributed by atoms with Gasteiger partial charge >= 0.3 is 6.03 Å². The van der Waals surface area contributed by atoms with Crippen molar-refractivity contribution in [2.24, 2.45) is 0 Å². The minimum Gasteiger partial charge on any atom is -0.349 e. The second-order valence-electron chi connectivity index (χ2n) is 6.50. The maximum atomic E-state index is 12.9. The molecule has 1 aliphatic heterocycles. The summed E-state index contributed by atoms with van der Waals surface area (Å²) < 4.78 is 2.91. The first-order chi connectivity index (χ1) is 12.2. The van der Waals surface area contributed by atoms with Gasteiger partial charge in [-0.25, -0.2) is 4.79 Å². The second-order valence-corrected chi connectivity index (χ2v) is 8.97. The Hall–Kier alpha value is -1.93. The lowest BCUT2D eigenvalue weighted by atomic mass is 10.0. The van der Waals surface area contributed by atoms with Crippen LogP contribution < -0.4 is 5.32 Å². The molecule has 0 aliphatic carbocycles. The average molecular weight is 438 g/mol. The predicted octanol–water partition coefficient (Wildman–Crippen LogP) is 3.60. The molecule has 1 aliphatic rings. The highest BCUT2D eigenvalue weighted by Crippen LogP contribution is 2.35. The minimum absolute atomic E-state index is 0.238. The Labute approximate surface area is 164 Å². The quantitative estimate of drug-likeness (QED) is 0.573. The van der Waals surface area contributed by atoms with Gasteiger partial charge in [-0.05, 0) is 61.8 Å². The Balaban J connectivity index is 1.85. The predicted molar refractivity (Wildman–Crippen MR) is 104 cm³/mol. The number of Topliss-reactive ketones (excluding diaryl/α,β-unsaturated/α-hetero) is 1. The van der Waals surface area contributed by atoms with E-state index < -0.39 is 17.5 Å². The van der Waals surface area contributed by atoms with Crippen LogP contribution in [-0.2, 0) is 16.9 Å². The molecule has 0 bridgehead atoms. The molecule has 138 valence electrons. The zero-order valence-corrected chi connectivity index (χ0v) is 17.5. The molecule has 3 rings (SSSR count). The standard InChI is InChI=1S/C18H20BrN3O3S/c1-5-21-10(2)8-12(11(21)3)13(23)9-22-16(24)18(4,20-17(22)25)14-6-7-15(19)26-14/h6-8H,5,9H2,1-4H3,(H,20,25)/t18-/m0/s1. The summed E-state index contributed by atoms with van der Waals surface area (Å²) in [7, 11) is 0. The molecule has 3 amide bonds. The summed E-state index contributed by atoms with van der Waals surface area (Å²) in [5.41, 5.74) is 1.25. The second kappa shape index (κ2) is 6.66. The third-order valence-electron chi connectivity index (χ3n) is 4.83. The number of hydrogen-bond acceptors (Lipinski definition) is 4. The van der Waals surface area contributed by atoms with Crippen molar-refractivity contribution in [1.82, 2.24) is 14.8 Å². The third-order valence-corrected chi connectivity index (χ3v) is 6.68. The van der Waals surface area contributed by atoms with Crippen molar-refractivity contribution in [3.05, 3.63) is 43.8 Å². The monoisotopic (exact) mass is 437 g/mol. The molecule has 0 radical (unpaired) electrons. The van der Waals surface area contributed by atoms with E-state index in [-0.39, 0.29) is 12.3 Å². The maximum absolute atomic E-state index is 12.9. The normalized spacial score (nSPS) is 20.0. The van der Waals surface area contributed by atoms with Crippen LogP contribution in [0.4, 0.5) is 4.79 Å². The van der Waals surface area contributed by atoms with E-state index in [1.54, 1.807) is 13.0 Å². The Bertz CT molecular complexity index is 917. The topological polar surface area (TPSA) is 71.4 Å². The number of urea groups is 1. The van der Waals surface area contributed by atoms with Gasteiger partial charge in [0, 0.05) is 28.4 Å². The van der Waals surface area contributed by atoms with Gasteiger partial charge in [0.1, 0.15) is 0 Å². The Morgan fingerprint density at radius 3 is 2.54 bits per heavy atom. The third kappa shape index (κ3) is 2.91. The molecule has 8 heteroatoms.